The first-order valence-corrected chi connectivity index (χ1v) is 8.44. The Morgan fingerprint density at radius 1 is 1.17 bits per heavy atom. The molecule has 1 saturated heterocycles. The van der Waals surface area contributed by atoms with Crippen molar-refractivity contribution >= 4 is 17.7 Å². The molecule has 1 aliphatic heterocycles. The van der Waals surface area contributed by atoms with Gasteiger partial charge < -0.3 is 15.4 Å². The predicted molar refractivity (Wildman–Crippen MR) is 86.4 cm³/mol. The first kappa shape index (κ1) is 17.9. The van der Waals surface area contributed by atoms with E-state index in [1.54, 1.807) is 12.1 Å². The third-order valence-electron chi connectivity index (χ3n) is 3.32. The number of rotatable bonds is 5. The van der Waals surface area contributed by atoms with Crippen LogP contribution in [-0.2, 0) is 17.9 Å². The minimum absolute atomic E-state index is 0.0589. The van der Waals surface area contributed by atoms with Crippen LogP contribution in [0.25, 0.3) is 0 Å². The molecule has 0 aromatic heterocycles. The Morgan fingerprint density at radius 3 is 2.39 bits per heavy atom. The Bertz CT molecular complexity index is 514. The molecule has 1 aromatic carbocycles. The molecule has 23 heavy (non-hydrogen) atoms. The summed E-state index contributed by atoms with van der Waals surface area (Å²) in [7, 11) is 0. The summed E-state index contributed by atoms with van der Waals surface area (Å²) in [6, 6.07) is 7.15. The van der Waals surface area contributed by atoms with Gasteiger partial charge in [-0.1, -0.05) is 24.3 Å². The molecular formula is C15H20F3N3OS. The van der Waals surface area contributed by atoms with Crippen molar-refractivity contribution in [2.45, 2.75) is 19.3 Å². The molecule has 0 spiro atoms. The van der Waals surface area contributed by atoms with Crippen LogP contribution in [0.4, 0.5) is 13.2 Å². The summed E-state index contributed by atoms with van der Waals surface area (Å²) < 4.78 is 40.6. The number of alkyl halides is 3. The molecule has 0 amide bonds. The molecule has 0 atom stereocenters. The zero-order valence-electron chi connectivity index (χ0n) is 12.7. The van der Waals surface area contributed by atoms with E-state index in [9.17, 15) is 13.2 Å². The number of halogens is 3. The van der Waals surface area contributed by atoms with Crippen LogP contribution >= 0.6 is 11.8 Å². The zero-order valence-corrected chi connectivity index (χ0v) is 13.5. The number of nitrogens with zero attached hydrogens (tertiary/aromatic N) is 2. The minimum atomic E-state index is -4.29. The second-order valence-electron chi connectivity index (χ2n) is 5.20. The van der Waals surface area contributed by atoms with Crippen LogP contribution in [0.2, 0.25) is 0 Å². The molecule has 1 aromatic rings. The summed E-state index contributed by atoms with van der Waals surface area (Å²) in [5, 5.41) is 0. The van der Waals surface area contributed by atoms with E-state index in [2.05, 4.69) is 14.6 Å². The van der Waals surface area contributed by atoms with Crippen LogP contribution in [0.5, 0.6) is 0 Å². The van der Waals surface area contributed by atoms with Gasteiger partial charge >= 0.3 is 6.18 Å². The van der Waals surface area contributed by atoms with Crippen molar-refractivity contribution in [3.05, 3.63) is 35.4 Å². The molecule has 2 rings (SSSR count). The smallest absolute Gasteiger partial charge is 0.370 e. The second kappa shape index (κ2) is 8.44. The van der Waals surface area contributed by atoms with Crippen molar-refractivity contribution in [2.75, 3.05) is 31.2 Å². The van der Waals surface area contributed by atoms with E-state index >= 15 is 0 Å². The van der Waals surface area contributed by atoms with Gasteiger partial charge in [-0.05, 0) is 11.1 Å². The lowest BCUT2D eigenvalue weighted by molar-refractivity contribution is -0.176. The molecule has 0 saturated carbocycles. The Labute approximate surface area is 137 Å². The van der Waals surface area contributed by atoms with Crippen LogP contribution in [0, 0.1) is 0 Å². The van der Waals surface area contributed by atoms with E-state index in [0.29, 0.717) is 18.1 Å². The molecule has 0 bridgehead atoms. The summed E-state index contributed by atoms with van der Waals surface area (Å²) in [6.45, 7) is 0.991. The molecule has 8 heteroatoms. The Hall–Kier alpha value is -1.41. The summed E-state index contributed by atoms with van der Waals surface area (Å²) in [5.74, 6) is 2.66. The number of thioether (sulfide) groups is 1. The fraction of sp³-hybridized carbons (Fsp3) is 0.533. The average Bonchev–Trinajstić information content (AvgIpc) is 2.53. The van der Waals surface area contributed by atoms with Gasteiger partial charge in [-0.3, -0.25) is 0 Å². The molecule has 1 aliphatic rings. The van der Waals surface area contributed by atoms with Crippen molar-refractivity contribution in [2.24, 2.45) is 10.7 Å². The standard InChI is InChI=1S/C15H20F3N3OS/c16-15(17,18)11-22-10-13-3-1-12(2-4-13)9-20-14(19)21-5-7-23-8-6-21/h1-4H,5-11H2,(H2,19,20). The number of ether oxygens (including phenoxy) is 1. The van der Waals surface area contributed by atoms with Crippen LogP contribution in [0.15, 0.2) is 29.3 Å². The Kier molecular flexibility index (Phi) is 6.59. The number of hydrogen-bond donors (Lipinski definition) is 1. The number of hydrogen-bond acceptors (Lipinski definition) is 3. The summed E-state index contributed by atoms with van der Waals surface area (Å²) in [4.78, 5) is 6.44. The molecule has 0 radical (unpaired) electrons. The van der Waals surface area contributed by atoms with Crippen molar-refractivity contribution in [1.82, 2.24) is 4.90 Å². The zero-order chi connectivity index (χ0) is 16.7. The van der Waals surface area contributed by atoms with Crippen LogP contribution in [0.1, 0.15) is 11.1 Å². The van der Waals surface area contributed by atoms with E-state index in [-0.39, 0.29) is 6.61 Å². The van der Waals surface area contributed by atoms with Crippen LogP contribution in [0.3, 0.4) is 0 Å². The third kappa shape index (κ3) is 6.70. The molecule has 0 unspecified atom stereocenters. The predicted octanol–water partition coefficient (Wildman–Crippen LogP) is 2.63. The van der Waals surface area contributed by atoms with E-state index in [1.165, 1.54) is 0 Å². The maximum atomic E-state index is 12.0. The molecule has 4 nitrogen and oxygen atoms in total. The van der Waals surface area contributed by atoms with Gasteiger partial charge in [-0.2, -0.15) is 24.9 Å². The number of benzene rings is 1. The largest absolute Gasteiger partial charge is 0.411 e. The highest BCUT2D eigenvalue weighted by Gasteiger charge is 2.27. The Morgan fingerprint density at radius 2 is 1.78 bits per heavy atom. The summed E-state index contributed by atoms with van der Waals surface area (Å²) >= 11 is 1.91. The molecule has 1 fully saturated rings. The highest BCUT2D eigenvalue weighted by atomic mass is 32.2. The lowest BCUT2D eigenvalue weighted by atomic mass is 10.1. The highest BCUT2D eigenvalue weighted by molar-refractivity contribution is 7.99. The van der Waals surface area contributed by atoms with Crippen molar-refractivity contribution in [3.8, 4) is 0 Å². The fourth-order valence-corrected chi connectivity index (χ4v) is 2.99. The third-order valence-corrected chi connectivity index (χ3v) is 4.26. The van der Waals surface area contributed by atoms with Gasteiger partial charge in [-0.25, -0.2) is 4.99 Å². The monoisotopic (exact) mass is 347 g/mol. The van der Waals surface area contributed by atoms with Gasteiger partial charge in [0.15, 0.2) is 5.96 Å². The lowest BCUT2D eigenvalue weighted by Gasteiger charge is -2.27. The van der Waals surface area contributed by atoms with Gasteiger partial charge in [-0.15, -0.1) is 0 Å². The summed E-state index contributed by atoms with van der Waals surface area (Å²) in [5.41, 5.74) is 7.63. The van der Waals surface area contributed by atoms with Gasteiger partial charge in [0.1, 0.15) is 6.61 Å². The van der Waals surface area contributed by atoms with Crippen LogP contribution < -0.4 is 5.73 Å². The first-order valence-electron chi connectivity index (χ1n) is 7.29. The normalized spacial score (nSPS) is 16.7. The van der Waals surface area contributed by atoms with Gasteiger partial charge in [0.2, 0.25) is 0 Å². The van der Waals surface area contributed by atoms with E-state index in [4.69, 9.17) is 5.73 Å². The van der Waals surface area contributed by atoms with Gasteiger partial charge in [0, 0.05) is 24.6 Å². The molecule has 2 N–H and O–H groups in total. The van der Waals surface area contributed by atoms with E-state index < -0.39 is 12.8 Å². The molecular weight excluding hydrogens is 327 g/mol. The molecule has 0 aliphatic carbocycles. The van der Waals surface area contributed by atoms with E-state index in [1.807, 2.05) is 23.9 Å². The van der Waals surface area contributed by atoms with Gasteiger partial charge in [0.05, 0.1) is 13.2 Å². The van der Waals surface area contributed by atoms with E-state index in [0.717, 1.165) is 30.2 Å². The number of aliphatic imine (C=N–C) groups is 1. The maximum Gasteiger partial charge on any atom is 0.411 e. The lowest BCUT2D eigenvalue weighted by Crippen LogP contribution is -2.42. The topological polar surface area (TPSA) is 50.9 Å². The quantitative estimate of drug-likeness (QED) is 0.657. The summed E-state index contributed by atoms with van der Waals surface area (Å²) in [6.07, 6.45) is -4.29. The van der Waals surface area contributed by atoms with Crippen molar-refractivity contribution < 1.29 is 17.9 Å². The first-order chi connectivity index (χ1) is 10.9. The number of guanidine groups is 1. The van der Waals surface area contributed by atoms with Crippen LogP contribution in [-0.4, -0.2) is 48.2 Å². The maximum absolute atomic E-state index is 12.0. The van der Waals surface area contributed by atoms with Crippen molar-refractivity contribution in [1.29, 1.82) is 0 Å². The SMILES string of the molecule is NC(=NCc1ccc(COCC(F)(F)F)cc1)N1CCSCC1. The minimum Gasteiger partial charge on any atom is -0.370 e. The van der Waals surface area contributed by atoms with Crippen molar-refractivity contribution in [3.63, 3.8) is 0 Å². The average molecular weight is 347 g/mol. The second-order valence-corrected chi connectivity index (χ2v) is 6.42. The highest BCUT2D eigenvalue weighted by Crippen LogP contribution is 2.16. The number of nitrogens with two attached hydrogens (primary N) is 1. The van der Waals surface area contributed by atoms with Gasteiger partial charge in [0.25, 0.3) is 0 Å². The molecule has 1 heterocycles. The molecule has 128 valence electrons. The Balaban J connectivity index is 1.80. The fourth-order valence-electron chi connectivity index (χ4n) is 2.09.